The van der Waals surface area contributed by atoms with Gasteiger partial charge in [0.25, 0.3) is 0 Å². The highest BCUT2D eigenvalue weighted by molar-refractivity contribution is 7.10. The fourth-order valence-electron chi connectivity index (χ4n) is 1.91. The summed E-state index contributed by atoms with van der Waals surface area (Å²) in [5, 5.41) is 5.69. The van der Waals surface area contributed by atoms with Crippen molar-refractivity contribution in [3.63, 3.8) is 0 Å². The summed E-state index contributed by atoms with van der Waals surface area (Å²) in [6.45, 7) is 4.45. The lowest BCUT2D eigenvalue weighted by Gasteiger charge is -2.22. The first-order chi connectivity index (χ1) is 8.70. The minimum atomic E-state index is 0.332. The summed E-state index contributed by atoms with van der Waals surface area (Å²) in [4.78, 5) is 1.36. The third-order valence-electron chi connectivity index (χ3n) is 2.87. The monoisotopic (exact) mass is 255 g/mol. The Balaban J connectivity index is 2.22. The minimum absolute atomic E-state index is 0.332. The molecule has 92 valence electrons. The van der Waals surface area contributed by atoms with Crippen LogP contribution in [0.2, 0.25) is 0 Å². The molecule has 1 atom stereocenters. The summed E-state index contributed by atoms with van der Waals surface area (Å²) < 4.78 is 0. The van der Waals surface area contributed by atoms with Crippen LogP contribution in [0.25, 0.3) is 0 Å². The van der Waals surface area contributed by atoms with E-state index in [0.717, 1.165) is 11.3 Å². The summed E-state index contributed by atoms with van der Waals surface area (Å²) in [5.41, 5.74) is 1.99. The van der Waals surface area contributed by atoms with Crippen LogP contribution >= 0.6 is 11.3 Å². The van der Waals surface area contributed by atoms with Crippen LogP contribution in [0.1, 0.15) is 30.3 Å². The molecule has 0 fully saturated rings. The second kappa shape index (κ2) is 5.75. The van der Waals surface area contributed by atoms with Gasteiger partial charge < -0.3 is 5.32 Å². The zero-order valence-corrected chi connectivity index (χ0v) is 11.5. The van der Waals surface area contributed by atoms with Gasteiger partial charge in [-0.15, -0.1) is 17.8 Å². The topological polar surface area (TPSA) is 12.0 Å². The molecule has 0 aliphatic rings. The van der Waals surface area contributed by atoms with Crippen molar-refractivity contribution in [2.45, 2.75) is 19.9 Å². The Kier molecular flexibility index (Phi) is 4.07. The normalized spacial score (nSPS) is 12.1. The van der Waals surface area contributed by atoms with Gasteiger partial charge in [0.15, 0.2) is 0 Å². The molecule has 0 bridgehead atoms. The highest BCUT2D eigenvalue weighted by Gasteiger charge is 2.16. The smallest absolute Gasteiger partial charge is 0.0629 e. The molecule has 0 amide bonds. The Morgan fingerprint density at radius 1 is 1.22 bits per heavy atom. The largest absolute Gasteiger partial charge is 0.377 e. The fourth-order valence-corrected chi connectivity index (χ4v) is 2.86. The van der Waals surface area contributed by atoms with E-state index in [4.69, 9.17) is 6.42 Å². The average Bonchev–Trinajstić information content (AvgIpc) is 2.89. The van der Waals surface area contributed by atoms with E-state index in [0.29, 0.717) is 12.0 Å². The van der Waals surface area contributed by atoms with Crippen LogP contribution in [0.3, 0.4) is 0 Å². The number of benzene rings is 1. The standard InChI is InChI=1S/C16H17NS/c1-4-13-7-5-8-14(11-13)17-16(12(2)3)15-9-6-10-18-15/h1,5-12,16-17H,2-3H3. The molecule has 0 aliphatic carbocycles. The van der Waals surface area contributed by atoms with Gasteiger partial charge in [-0.25, -0.2) is 0 Å². The Bertz CT molecular complexity index is 534. The molecule has 0 spiro atoms. The molecule has 2 heteroatoms. The number of rotatable bonds is 4. The van der Waals surface area contributed by atoms with E-state index in [2.05, 4.69) is 48.7 Å². The molecule has 0 saturated carbocycles. The number of hydrogen-bond donors (Lipinski definition) is 1. The van der Waals surface area contributed by atoms with Crippen LogP contribution in [0.5, 0.6) is 0 Å². The minimum Gasteiger partial charge on any atom is -0.377 e. The molecule has 0 radical (unpaired) electrons. The van der Waals surface area contributed by atoms with Crippen molar-refractivity contribution >= 4 is 17.0 Å². The number of anilines is 1. The Morgan fingerprint density at radius 3 is 2.67 bits per heavy atom. The van der Waals surface area contributed by atoms with Crippen molar-refractivity contribution in [1.82, 2.24) is 0 Å². The second-order valence-electron chi connectivity index (χ2n) is 4.61. The number of thiophene rings is 1. The Hall–Kier alpha value is -1.72. The zero-order valence-electron chi connectivity index (χ0n) is 10.7. The van der Waals surface area contributed by atoms with Gasteiger partial charge in [-0.05, 0) is 35.6 Å². The average molecular weight is 255 g/mol. The predicted molar refractivity (Wildman–Crippen MR) is 79.9 cm³/mol. The molecule has 0 saturated heterocycles. The third kappa shape index (κ3) is 2.94. The molecular formula is C16H17NS. The van der Waals surface area contributed by atoms with Gasteiger partial charge in [0.2, 0.25) is 0 Å². The Morgan fingerprint density at radius 2 is 2.06 bits per heavy atom. The van der Waals surface area contributed by atoms with Gasteiger partial charge in [0.05, 0.1) is 6.04 Å². The first-order valence-electron chi connectivity index (χ1n) is 6.07. The molecule has 1 N–H and O–H groups in total. The van der Waals surface area contributed by atoms with Crippen molar-refractivity contribution in [2.24, 2.45) is 5.92 Å². The SMILES string of the molecule is C#Cc1cccc(NC(c2cccs2)C(C)C)c1. The van der Waals surface area contributed by atoms with E-state index in [9.17, 15) is 0 Å². The summed E-state index contributed by atoms with van der Waals surface area (Å²) >= 11 is 1.79. The van der Waals surface area contributed by atoms with E-state index in [-0.39, 0.29) is 0 Å². The summed E-state index contributed by atoms with van der Waals surface area (Å²) in [6.07, 6.45) is 5.43. The molecule has 2 aromatic rings. The van der Waals surface area contributed by atoms with Crippen LogP contribution in [-0.4, -0.2) is 0 Å². The molecule has 1 aromatic carbocycles. The van der Waals surface area contributed by atoms with E-state index in [1.54, 1.807) is 11.3 Å². The Labute approximate surface area is 113 Å². The molecule has 1 nitrogen and oxygen atoms in total. The lowest BCUT2D eigenvalue weighted by atomic mass is 10.0. The molecule has 1 heterocycles. The number of nitrogens with one attached hydrogen (secondary N) is 1. The van der Waals surface area contributed by atoms with Crippen molar-refractivity contribution in [1.29, 1.82) is 0 Å². The van der Waals surface area contributed by atoms with Gasteiger partial charge in [-0.2, -0.15) is 0 Å². The third-order valence-corrected chi connectivity index (χ3v) is 3.82. The van der Waals surface area contributed by atoms with Gasteiger partial charge in [0, 0.05) is 16.1 Å². The van der Waals surface area contributed by atoms with Gasteiger partial charge >= 0.3 is 0 Å². The van der Waals surface area contributed by atoms with Crippen molar-refractivity contribution < 1.29 is 0 Å². The molecule has 18 heavy (non-hydrogen) atoms. The molecule has 2 rings (SSSR count). The van der Waals surface area contributed by atoms with Crippen LogP contribution in [0.15, 0.2) is 41.8 Å². The van der Waals surface area contributed by atoms with Crippen molar-refractivity contribution in [3.05, 3.63) is 52.2 Å². The van der Waals surface area contributed by atoms with Crippen LogP contribution in [-0.2, 0) is 0 Å². The lowest BCUT2D eigenvalue weighted by Crippen LogP contribution is -2.15. The maximum absolute atomic E-state index is 5.43. The lowest BCUT2D eigenvalue weighted by molar-refractivity contribution is 0.554. The number of hydrogen-bond acceptors (Lipinski definition) is 2. The molecule has 1 unspecified atom stereocenters. The maximum atomic E-state index is 5.43. The van der Waals surface area contributed by atoms with E-state index < -0.39 is 0 Å². The van der Waals surface area contributed by atoms with E-state index >= 15 is 0 Å². The molecular weight excluding hydrogens is 238 g/mol. The van der Waals surface area contributed by atoms with Gasteiger partial charge in [0.1, 0.15) is 0 Å². The fraction of sp³-hybridized carbons (Fsp3) is 0.250. The van der Waals surface area contributed by atoms with Crippen molar-refractivity contribution in [2.75, 3.05) is 5.32 Å². The highest BCUT2D eigenvalue weighted by Crippen LogP contribution is 2.29. The van der Waals surface area contributed by atoms with Crippen molar-refractivity contribution in [3.8, 4) is 12.3 Å². The van der Waals surface area contributed by atoms with Crippen LogP contribution in [0, 0.1) is 18.3 Å². The summed E-state index contributed by atoms with van der Waals surface area (Å²) in [5.74, 6) is 3.19. The first kappa shape index (κ1) is 12.7. The summed E-state index contributed by atoms with van der Waals surface area (Å²) in [7, 11) is 0. The number of terminal acetylenes is 1. The van der Waals surface area contributed by atoms with Crippen LogP contribution < -0.4 is 5.32 Å². The maximum Gasteiger partial charge on any atom is 0.0629 e. The highest BCUT2D eigenvalue weighted by atomic mass is 32.1. The van der Waals surface area contributed by atoms with E-state index in [1.165, 1.54) is 4.88 Å². The second-order valence-corrected chi connectivity index (χ2v) is 5.59. The van der Waals surface area contributed by atoms with Crippen LogP contribution in [0.4, 0.5) is 5.69 Å². The van der Waals surface area contributed by atoms with Gasteiger partial charge in [-0.1, -0.05) is 31.9 Å². The summed E-state index contributed by atoms with van der Waals surface area (Å²) in [6, 6.07) is 12.6. The van der Waals surface area contributed by atoms with E-state index in [1.807, 2.05) is 18.2 Å². The zero-order chi connectivity index (χ0) is 13.0. The molecule has 0 aliphatic heterocycles. The predicted octanol–water partition coefficient (Wildman–Crippen LogP) is 4.54. The molecule has 1 aromatic heterocycles. The quantitative estimate of drug-likeness (QED) is 0.791. The first-order valence-corrected chi connectivity index (χ1v) is 6.95. The van der Waals surface area contributed by atoms with Gasteiger partial charge in [-0.3, -0.25) is 0 Å².